The van der Waals surface area contributed by atoms with Crippen molar-refractivity contribution in [1.29, 1.82) is 0 Å². The van der Waals surface area contributed by atoms with Crippen molar-refractivity contribution in [2.75, 3.05) is 33.8 Å². The van der Waals surface area contributed by atoms with Gasteiger partial charge in [0.15, 0.2) is 0 Å². The summed E-state index contributed by atoms with van der Waals surface area (Å²) < 4.78 is 5.84. The standard InChI is InChI=1S/C11H18NO2/c1-4-8-14-11(13)10-6-5-7-12(2,3)9-10/h4,6H,1,5,7-9H2,2-3H3/q+1. The summed E-state index contributed by atoms with van der Waals surface area (Å²) >= 11 is 0. The van der Waals surface area contributed by atoms with E-state index in [2.05, 4.69) is 20.7 Å². The number of esters is 1. The average Bonchev–Trinajstić information content (AvgIpc) is 2.12. The second-order valence-corrected chi connectivity index (χ2v) is 4.22. The van der Waals surface area contributed by atoms with Gasteiger partial charge in [-0.2, -0.15) is 0 Å². The Hall–Kier alpha value is -1.09. The Bertz CT molecular complexity index is 266. The molecule has 0 N–H and O–H groups in total. The van der Waals surface area contributed by atoms with Crippen LogP contribution >= 0.6 is 0 Å². The molecule has 14 heavy (non-hydrogen) atoms. The molecule has 0 saturated carbocycles. The number of rotatable bonds is 3. The van der Waals surface area contributed by atoms with Crippen LogP contribution in [0.5, 0.6) is 0 Å². The first-order valence-electron chi connectivity index (χ1n) is 4.84. The summed E-state index contributed by atoms with van der Waals surface area (Å²) in [6.45, 7) is 5.64. The molecule has 3 nitrogen and oxygen atoms in total. The maximum absolute atomic E-state index is 11.5. The van der Waals surface area contributed by atoms with E-state index in [1.807, 2.05) is 6.08 Å². The van der Waals surface area contributed by atoms with Crippen molar-refractivity contribution in [1.82, 2.24) is 0 Å². The molecule has 1 heterocycles. The molecule has 0 aromatic rings. The minimum absolute atomic E-state index is 0.198. The highest BCUT2D eigenvalue weighted by atomic mass is 16.5. The predicted octanol–water partition coefficient (Wildman–Crippen LogP) is 1.12. The second-order valence-electron chi connectivity index (χ2n) is 4.22. The monoisotopic (exact) mass is 196 g/mol. The fraction of sp³-hybridized carbons (Fsp3) is 0.545. The highest BCUT2D eigenvalue weighted by Gasteiger charge is 2.25. The summed E-state index contributed by atoms with van der Waals surface area (Å²) in [5.74, 6) is -0.198. The van der Waals surface area contributed by atoms with E-state index < -0.39 is 0 Å². The molecular weight excluding hydrogens is 178 g/mol. The third-order valence-corrected chi connectivity index (χ3v) is 2.32. The largest absolute Gasteiger partial charge is 0.458 e. The van der Waals surface area contributed by atoms with E-state index in [0.29, 0.717) is 6.61 Å². The molecule has 3 heteroatoms. The average molecular weight is 196 g/mol. The number of hydrogen-bond acceptors (Lipinski definition) is 2. The van der Waals surface area contributed by atoms with Gasteiger partial charge in [0.1, 0.15) is 13.2 Å². The van der Waals surface area contributed by atoms with Crippen molar-refractivity contribution in [3.05, 3.63) is 24.3 Å². The van der Waals surface area contributed by atoms with Crippen LogP contribution in [0.3, 0.4) is 0 Å². The van der Waals surface area contributed by atoms with Gasteiger partial charge in [0, 0.05) is 6.42 Å². The van der Waals surface area contributed by atoms with Gasteiger partial charge in [0.2, 0.25) is 0 Å². The Morgan fingerprint density at radius 3 is 3.00 bits per heavy atom. The van der Waals surface area contributed by atoms with Crippen LogP contribution in [0.1, 0.15) is 6.42 Å². The van der Waals surface area contributed by atoms with Crippen molar-refractivity contribution >= 4 is 5.97 Å². The summed E-state index contributed by atoms with van der Waals surface area (Å²) in [4.78, 5) is 11.5. The fourth-order valence-electron chi connectivity index (χ4n) is 1.57. The Morgan fingerprint density at radius 1 is 1.71 bits per heavy atom. The summed E-state index contributed by atoms with van der Waals surface area (Å²) in [5, 5.41) is 0. The van der Waals surface area contributed by atoms with Crippen molar-refractivity contribution in [2.45, 2.75) is 6.42 Å². The van der Waals surface area contributed by atoms with Crippen molar-refractivity contribution < 1.29 is 14.0 Å². The fourth-order valence-corrected chi connectivity index (χ4v) is 1.57. The van der Waals surface area contributed by atoms with Crippen LogP contribution in [0, 0.1) is 0 Å². The molecule has 0 radical (unpaired) electrons. The minimum atomic E-state index is -0.198. The first-order valence-corrected chi connectivity index (χ1v) is 4.84. The Balaban J connectivity index is 2.55. The van der Waals surface area contributed by atoms with Crippen LogP contribution in [-0.2, 0) is 9.53 Å². The molecule has 0 amide bonds. The zero-order valence-electron chi connectivity index (χ0n) is 8.95. The molecule has 1 rings (SSSR count). The number of quaternary nitrogens is 1. The van der Waals surface area contributed by atoms with E-state index in [1.54, 1.807) is 6.08 Å². The van der Waals surface area contributed by atoms with Gasteiger partial charge in [0.25, 0.3) is 0 Å². The summed E-state index contributed by atoms with van der Waals surface area (Å²) in [6.07, 6.45) is 4.52. The molecule has 0 bridgehead atoms. The molecule has 0 unspecified atom stereocenters. The lowest BCUT2D eigenvalue weighted by atomic mass is 10.1. The molecule has 0 aromatic carbocycles. The Kier molecular flexibility index (Phi) is 3.47. The van der Waals surface area contributed by atoms with Crippen molar-refractivity contribution in [3.8, 4) is 0 Å². The quantitative estimate of drug-likeness (QED) is 0.384. The number of ether oxygens (including phenoxy) is 1. The topological polar surface area (TPSA) is 26.3 Å². The van der Waals surface area contributed by atoms with E-state index in [0.717, 1.165) is 29.6 Å². The van der Waals surface area contributed by atoms with Gasteiger partial charge in [-0.1, -0.05) is 18.7 Å². The van der Waals surface area contributed by atoms with Gasteiger partial charge in [-0.3, -0.25) is 0 Å². The summed E-state index contributed by atoms with van der Waals surface area (Å²) in [7, 11) is 4.24. The highest BCUT2D eigenvalue weighted by molar-refractivity contribution is 5.88. The maximum Gasteiger partial charge on any atom is 0.339 e. The zero-order chi connectivity index (χ0) is 10.6. The lowest BCUT2D eigenvalue weighted by Gasteiger charge is -2.32. The van der Waals surface area contributed by atoms with Crippen LogP contribution in [0.25, 0.3) is 0 Å². The van der Waals surface area contributed by atoms with E-state index in [9.17, 15) is 4.79 Å². The first-order chi connectivity index (χ1) is 6.55. The van der Waals surface area contributed by atoms with Crippen LogP contribution in [0.2, 0.25) is 0 Å². The third-order valence-electron chi connectivity index (χ3n) is 2.32. The number of hydrogen-bond donors (Lipinski definition) is 0. The molecule has 0 aromatic heterocycles. The summed E-state index contributed by atoms with van der Waals surface area (Å²) in [5.41, 5.74) is 0.795. The van der Waals surface area contributed by atoms with Crippen molar-refractivity contribution in [3.63, 3.8) is 0 Å². The van der Waals surface area contributed by atoms with Gasteiger partial charge in [-0.25, -0.2) is 4.79 Å². The first kappa shape index (κ1) is 11.0. The zero-order valence-corrected chi connectivity index (χ0v) is 8.95. The van der Waals surface area contributed by atoms with E-state index in [1.165, 1.54) is 0 Å². The smallest absolute Gasteiger partial charge is 0.339 e. The predicted molar refractivity (Wildman–Crippen MR) is 55.7 cm³/mol. The molecule has 0 fully saturated rings. The lowest BCUT2D eigenvalue weighted by Crippen LogP contribution is -2.45. The van der Waals surface area contributed by atoms with Crippen LogP contribution in [0.15, 0.2) is 24.3 Å². The third kappa shape index (κ3) is 3.00. The number of likely N-dealkylation sites (N-methyl/N-ethyl adjacent to an activating group) is 1. The Morgan fingerprint density at radius 2 is 2.43 bits per heavy atom. The van der Waals surface area contributed by atoms with Crippen LogP contribution in [-0.4, -0.2) is 44.2 Å². The lowest BCUT2D eigenvalue weighted by molar-refractivity contribution is -0.886. The molecule has 78 valence electrons. The van der Waals surface area contributed by atoms with Crippen molar-refractivity contribution in [2.24, 2.45) is 0 Å². The number of carbonyl (C=O) groups excluding carboxylic acids is 1. The normalized spacial score (nSPS) is 19.7. The molecule has 0 aliphatic carbocycles. The molecule has 1 aliphatic heterocycles. The minimum Gasteiger partial charge on any atom is -0.458 e. The van der Waals surface area contributed by atoms with Gasteiger partial charge in [-0.15, -0.1) is 0 Å². The number of carbonyl (C=O) groups is 1. The Labute approximate surface area is 85.2 Å². The summed E-state index contributed by atoms with van der Waals surface area (Å²) in [6, 6.07) is 0. The van der Waals surface area contributed by atoms with E-state index >= 15 is 0 Å². The van der Waals surface area contributed by atoms with E-state index in [-0.39, 0.29) is 5.97 Å². The number of nitrogens with zero attached hydrogens (tertiary/aromatic N) is 1. The van der Waals surface area contributed by atoms with Gasteiger partial charge < -0.3 is 9.22 Å². The van der Waals surface area contributed by atoms with Gasteiger partial charge in [-0.05, 0) is 0 Å². The van der Waals surface area contributed by atoms with Crippen LogP contribution < -0.4 is 0 Å². The second kappa shape index (κ2) is 4.42. The van der Waals surface area contributed by atoms with Gasteiger partial charge in [0.05, 0.1) is 26.2 Å². The molecule has 0 spiro atoms. The molecule has 0 saturated heterocycles. The molecule has 0 atom stereocenters. The van der Waals surface area contributed by atoms with E-state index in [4.69, 9.17) is 4.74 Å². The SMILES string of the molecule is C=CCOC(=O)C1=CCC[N+](C)(C)C1. The highest BCUT2D eigenvalue weighted by Crippen LogP contribution is 2.14. The molecular formula is C11H18NO2+. The maximum atomic E-state index is 11.5. The van der Waals surface area contributed by atoms with Crippen LogP contribution in [0.4, 0.5) is 0 Å². The van der Waals surface area contributed by atoms with Gasteiger partial charge >= 0.3 is 5.97 Å². The molecule has 1 aliphatic rings.